The van der Waals surface area contributed by atoms with Crippen molar-refractivity contribution < 1.29 is 18.7 Å². The zero-order chi connectivity index (χ0) is 9.07. The van der Waals surface area contributed by atoms with Crippen LogP contribution in [0.1, 0.15) is 0 Å². The zero-order valence-electron chi connectivity index (χ0n) is 5.62. The molecule has 0 radical (unpaired) electrons. The quantitative estimate of drug-likeness (QED) is 0.484. The summed E-state index contributed by atoms with van der Waals surface area (Å²) in [4.78, 5) is 19.3. The number of carbonyl (C=O) groups is 1. The first-order chi connectivity index (χ1) is 4.90. The van der Waals surface area contributed by atoms with Crippen LogP contribution in [0.25, 0.3) is 0 Å². The van der Waals surface area contributed by atoms with Crippen molar-refractivity contribution in [3.05, 3.63) is 4.91 Å². The van der Waals surface area contributed by atoms with Gasteiger partial charge in [-0.25, -0.2) is 4.79 Å². The molecule has 1 N–H and O–H groups in total. The maximum atomic E-state index is 12.1. The number of hydrogen-bond acceptors (Lipinski definition) is 3. The second kappa shape index (κ2) is 3.22. The predicted molar refractivity (Wildman–Crippen MR) is 31.0 cm³/mol. The van der Waals surface area contributed by atoms with Crippen molar-refractivity contribution in [3.8, 4) is 0 Å². The second-order valence-electron chi connectivity index (χ2n) is 1.91. The van der Waals surface area contributed by atoms with Crippen LogP contribution in [0, 0.1) is 4.91 Å². The largest absolute Gasteiger partial charge is 0.477 e. The van der Waals surface area contributed by atoms with Gasteiger partial charge in [-0.2, -0.15) is 8.78 Å². The Morgan fingerprint density at radius 1 is 1.73 bits per heavy atom. The Hall–Kier alpha value is -1.27. The molecule has 11 heavy (non-hydrogen) atoms. The van der Waals surface area contributed by atoms with Gasteiger partial charge in [0.2, 0.25) is 0 Å². The highest BCUT2D eigenvalue weighted by Gasteiger charge is 2.40. The topological polar surface area (TPSA) is 70.0 Å². The summed E-state index contributed by atoms with van der Waals surface area (Å²) in [5.74, 6) is -6.20. The summed E-state index contributed by atoms with van der Waals surface area (Å²) in [7, 11) is 0.962. The number of carboxylic acid groups (broad SMARTS) is 1. The summed E-state index contributed by atoms with van der Waals surface area (Å²) in [5, 5.41) is 10.3. The Labute approximate surface area is 60.5 Å². The standard InChI is InChI=1S/C4H6F2N2O3/c1-8(7-11)2-4(5,6)3(9)10/h2H2,1H3,(H,9,10). The van der Waals surface area contributed by atoms with Crippen molar-refractivity contribution in [2.45, 2.75) is 5.92 Å². The minimum Gasteiger partial charge on any atom is -0.477 e. The van der Waals surface area contributed by atoms with Crippen molar-refractivity contribution in [1.29, 1.82) is 0 Å². The van der Waals surface area contributed by atoms with Gasteiger partial charge < -0.3 is 5.11 Å². The van der Waals surface area contributed by atoms with Crippen molar-refractivity contribution in [1.82, 2.24) is 5.01 Å². The molecule has 0 saturated carbocycles. The molecule has 0 aliphatic rings. The van der Waals surface area contributed by atoms with Crippen LogP contribution in [0.15, 0.2) is 5.29 Å². The summed E-state index contributed by atoms with van der Waals surface area (Å²) in [6, 6.07) is 0. The molecule has 0 heterocycles. The van der Waals surface area contributed by atoms with E-state index >= 15 is 0 Å². The molecule has 0 saturated heterocycles. The lowest BCUT2D eigenvalue weighted by atomic mass is 10.3. The van der Waals surface area contributed by atoms with E-state index in [2.05, 4.69) is 5.29 Å². The number of carboxylic acids is 1. The number of halogens is 2. The SMILES string of the molecule is CN(CC(F)(F)C(=O)O)N=O. The molecule has 5 nitrogen and oxygen atoms in total. The summed E-state index contributed by atoms with van der Waals surface area (Å²) in [6.07, 6.45) is 0. The number of rotatable bonds is 4. The molecule has 0 aromatic rings. The van der Waals surface area contributed by atoms with Crippen molar-refractivity contribution in [2.24, 2.45) is 5.29 Å². The Morgan fingerprint density at radius 2 is 2.18 bits per heavy atom. The molecule has 0 aromatic heterocycles. The van der Waals surface area contributed by atoms with Crippen LogP contribution < -0.4 is 0 Å². The lowest BCUT2D eigenvalue weighted by Crippen LogP contribution is -2.38. The van der Waals surface area contributed by atoms with Gasteiger partial charge in [-0.15, -0.1) is 4.91 Å². The van der Waals surface area contributed by atoms with Crippen LogP contribution >= 0.6 is 0 Å². The molecule has 0 rings (SSSR count). The fraction of sp³-hybridized carbons (Fsp3) is 0.750. The predicted octanol–water partition coefficient (Wildman–Crippen LogP) is 0.319. The summed E-state index contributed by atoms with van der Waals surface area (Å²) in [5.41, 5.74) is 0. The highest BCUT2D eigenvalue weighted by molar-refractivity contribution is 5.75. The third kappa shape index (κ3) is 2.87. The second-order valence-corrected chi connectivity index (χ2v) is 1.91. The zero-order valence-corrected chi connectivity index (χ0v) is 5.62. The van der Waals surface area contributed by atoms with Crippen molar-refractivity contribution in [3.63, 3.8) is 0 Å². The van der Waals surface area contributed by atoms with Crippen LogP contribution in [0.5, 0.6) is 0 Å². The minimum atomic E-state index is -3.93. The van der Waals surface area contributed by atoms with Gasteiger partial charge in [0, 0.05) is 7.05 Å². The molecule has 7 heteroatoms. The molecular weight excluding hydrogens is 162 g/mol. The third-order valence-electron chi connectivity index (χ3n) is 0.880. The fourth-order valence-corrected chi connectivity index (χ4v) is 0.384. The normalized spacial score (nSPS) is 10.8. The first-order valence-corrected chi connectivity index (χ1v) is 2.56. The van der Waals surface area contributed by atoms with Crippen LogP contribution in [0.4, 0.5) is 8.78 Å². The first-order valence-electron chi connectivity index (χ1n) is 2.56. The lowest BCUT2D eigenvalue weighted by Gasteiger charge is -2.14. The number of alkyl halides is 2. The molecule has 0 aliphatic heterocycles. The molecule has 0 aliphatic carbocycles. The Balaban J connectivity index is 4.11. The Bertz CT molecular complexity index is 173. The van der Waals surface area contributed by atoms with Crippen LogP contribution in [-0.4, -0.2) is 35.6 Å². The summed E-state index contributed by atoms with van der Waals surface area (Å²) < 4.78 is 24.3. The smallest absolute Gasteiger partial charge is 0.376 e. The van der Waals surface area contributed by atoms with E-state index in [1.54, 1.807) is 0 Å². The van der Waals surface area contributed by atoms with Gasteiger partial charge in [0.15, 0.2) is 0 Å². The van der Waals surface area contributed by atoms with Crippen LogP contribution in [0.2, 0.25) is 0 Å². The molecule has 0 amide bonds. The monoisotopic (exact) mass is 168 g/mol. The molecule has 0 fully saturated rings. The van der Waals surface area contributed by atoms with Crippen LogP contribution in [-0.2, 0) is 4.79 Å². The highest BCUT2D eigenvalue weighted by atomic mass is 19.3. The molecule has 0 atom stereocenters. The van der Waals surface area contributed by atoms with E-state index in [0.29, 0.717) is 5.01 Å². The molecule has 64 valence electrons. The van der Waals surface area contributed by atoms with Gasteiger partial charge in [0.05, 0.1) is 5.29 Å². The van der Waals surface area contributed by atoms with E-state index < -0.39 is 18.4 Å². The van der Waals surface area contributed by atoms with E-state index in [1.807, 2.05) is 0 Å². The molecule has 0 bridgehead atoms. The van der Waals surface area contributed by atoms with E-state index in [-0.39, 0.29) is 0 Å². The third-order valence-corrected chi connectivity index (χ3v) is 0.880. The maximum absolute atomic E-state index is 12.1. The van der Waals surface area contributed by atoms with Gasteiger partial charge >= 0.3 is 11.9 Å². The highest BCUT2D eigenvalue weighted by Crippen LogP contribution is 2.14. The molecule has 0 unspecified atom stereocenters. The maximum Gasteiger partial charge on any atom is 0.376 e. The summed E-state index contributed by atoms with van der Waals surface area (Å²) in [6.45, 7) is -1.22. The van der Waals surface area contributed by atoms with Crippen molar-refractivity contribution in [2.75, 3.05) is 13.6 Å². The van der Waals surface area contributed by atoms with Gasteiger partial charge in [-0.05, 0) is 0 Å². The molecular formula is C4H6F2N2O3. The molecule has 0 spiro atoms. The lowest BCUT2D eigenvalue weighted by molar-refractivity contribution is -0.167. The van der Waals surface area contributed by atoms with E-state index in [0.717, 1.165) is 7.05 Å². The minimum absolute atomic E-state index is 0.314. The average molecular weight is 168 g/mol. The molecule has 0 aromatic carbocycles. The first kappa shape index (κ1) is 9.73. The number of nitroso groups, excluding NO2 is 1. The fourth-order valence-electron chi connectivity index (χ4n) is 0.384. The van der Waals surface area contributed by atoms with E-state index in [4.69, 9.17) is 5.11 Å². The van der Waals surface area contributed by atoms with Gasteiger partial charge in [-0.3, -0.25) is 5.01 Å². The summed E-state index contributed by atoms with van der Waals surface area (Å²) >= 11 is 0. The average Bonchev–Trinajstić information content (AvgIpc) is 1.86. The van der Waals surface area contributed by atoms with Gasteiger partial charge in [-0.1, -0.05) is 0 Å². The van der Waals surface area contributed by atoms with Gasteiger partial charge in [0.1, 0.15) is 6.54 Å². The Kier molecular flexibility index (Phi) is 2.85. The number of nitrogens with zero attached hydrogens (tertiary/aromatic N) is 2. The van der Waals surface area contributed by atoms with E-state index in [1.165, 1.54) is 0 Å². The Morgan fingerprint density at radius 3 is 2.45 bits per heavy atom. The number of aliphatic carboxylic acids is 1. The number of hydrogen-bond donors (Lipinski definition) is 1. The van der Waals surface area contributed by atoms with Crippen LogP contribution in [0.3, 0.4) is 0 Å². The van der Waals surface area contributed by atoms with Gasteiger partial charge in [0.25, 0.3) is 0 Å². The van der Waals surface area contributed by atoms with E-state index in [9.17, 15) is 18.5 Å². The van der Waals surface area contributed by atoms with Crippen molar-refractivity contribution >= 4 is 5.97 Å².